The fraction of sp³-hybridized carbons (Fsp3) is 0.308. The molecule has 1 heterocycles. The summed E-state index contributed by atoms with van der Waals surface area (Å²) in [5, 5.41) is 13.9. The molecule has 0 aliphatic heterocycles. The third kappa shape index (κ3) is 2.73. The smallest absolute Gasteiger partial charge is 0.274 e. The van der Waals surface area contributed by atoms with Crippen molar-refractivity contribution in [3.05, 3.63) is 51.2 Å². The van der Waals surface area contributed by atoms with E-state index in [1.807, 2.05) is 13.8 Å². The minimum atomic E-state index is -0.389. The highest BCUT2D eigenvalue weighted by Gasteiger charge is 2.13. The van der Waals surface area contributed by atoms with Crippen molar-refractivity contribution in [2.24, 2.45) is 0 Å². The van der Waals surface area contributed by atoms with E-state index in [9.17, 15) is 10.1 Å². The number of anilines is 1. The van der Waals surface area contributed by atoms with E-state index in [4.69, 9.17) is 4.42 Å². The summed E-state index contributed by atoms with van der Waals surface area (Å²) in [4.78, 5) is 14.7. The van der Waals surface area contributed by atoms with Gasteiger partial charge in [-0.05, 0) is 26.8 Å². The van der Waals surface area contributed by atoms with Crippen LogP contribution in [-0.2, 0) is 6.54 Å². The zero-order valence-electron chi connectivity index (χ0n) is 11.1. The quantitative estimate of drug-likeness (QED) is 0.675. The second-order valence-electron chi connectivity index (χ2n) is 4.31. The fourth-order valence-electron chi connectivity index (χ4n) is 1.80. The highest BCUT2D eigenvalue weighted by atomic mass is 16.6. The van der Waals surface area contributed by atoms with Gasteiger partial charge < -0.3 is 9.73 Å². The van der Waals surface area contributed by atoms with Crippen LogP contribution in [-0.4, -0.2) is 9.91 Å². The van der Waals surface area contributed by atoms with Crippen LogP contribution in [0.2, 0.25) is 0 Å². The van der Waals surface area contributed by atoms with E-state index < -0.39 is 0 Å². The largest absolute Gasteiger partial charge is 0.444 e. The van der Waals surface area contributed by atoms with E-state index in [0.29, 0.717) is 23.7 Å². The number of nitro benzene ring substituents is 1. The van der Waals surface area contributed by atoms with Crippen LogP contribution < -0.4 is 5.32 Å². The Labute approximate surface area is 110 Å². The molecule has 2 rings (SSSR count). The SMILES string of the molecule is Cc1nc(CNc2cccc([N+](=O)[O-])c2C)oc1C. The van der Waals surface area contributed by atoms with Crippen LogP contribution in [0.15, 0.2) is 22.6 Å². The molecule has 19 heavy (non-hydrogen) atoms. The van der Waals surface area contributed by atoms with Crippen LogP contribution in [0.1, 0.15) is 22.9 Å². The number of nitrogens with one attached hydrogen (secondary N) is 1. The Bertz CT molecular complexity index is 600. The molecular weight excluding hydrogens is 246 g/mol. The Morgan fingerprint density at radius 2 is 2.11 bits per heavy atom. The number of rotatable bonds is 4. The lowest BCUT2D eigenvalue weighted by Crippen LogP contribution is -2.03. The molecule has 0 radical (unpaired) electrons. The second-order valence-corrected chi connectivity index (χ2v) is 4.31. The summed E-state index contributed by atoms with van der Waals surface area (Å²) in [7, 11) is 0. The lowest BCUT2D eigenvalue weighted by Gasteiger charge is -2.07. The third-order valence-corrected chi connectivity index (χ3v) is 3.00. The molecule has 0 unspecified atom stereocenters. The predicted octanol–water partition coefficient (Wildman–Crippen LogP) is 3.12. The van der Waals surface area contributed by atoms with Gasteiger partial charge in [-0.15, -0.1) is 0 Å². The van der Waals surface area contributed by atoms with Gasteiger partial charge in [-0.1, -0.05) is 6.07 Å². The first-order chi connectivity index (χ1) is 8.99. The fourth-order valence-corrected chi connectivity index (χ4v) is 1.80. The lowest BCUT2D eigenvalue weighted by atomic mass is 10.1. The molecule has 0 amide bonds. The molecule has 0 saturated carbocycles. The summed E-state index contributed by atoms with van der Waals surface area (Å²) in [5.74, 6) is 1.36. The number of benzene rings is 1. The molecule has 0 saturated heterocycles. The van der Waals surface area contributed by atoms with Crippen LogP contribution >= 0.6 is 0 Å². The Kier molecular flexibility index (Phi) is 3.50. The number of oxazole rings is 1. The number of aryl methyl sites for hydroxylation is 2. The number of nitro groups is 1. The van der Waals surface area contributed by atoms with Gasteiger partial charge in [0.25, 0.3) is 5.69 Å². The number of aromatic nitrogens is 1. The van der Waals surface area contributed by atoms with Crippen molar-refractivity contribution in [2.75, 3.05) is 5.32 Å². The standard InChI is InChI=1S/C13H15N3O3/c1-8-11(5-4-6-12(8)16(17)18)14-7-13-15-9(2)10(3)19-13/h4-6,14H,7H2,1-3H3. The first-order valence-electron chi connectivity index (χ1n) is 5.90. The van der Waals surface area contributed by atoms with E-state index in [-0.39, 0.29) is 10.6 Å². The highest BCUT2D eigenvalue weighted by Crippen LogP contribution is 2.25. The molecule has 0 fully saturated rings. The average Bonchev–Trinajstić information content (AvgIpc) is 2.67. The third-order valence-electron chi connectivity index (χ3n) is 3.00. The van der Waals surface area contributed by atoms with Gasteiger partial charge in [-0.3, -0.25) is 10.1 Å². The first-order valence-corrected chi connectivity index (χ1v) is 5.90. The molecule has 0 aliphatic rings. The van der Waals surface area contributed by atoms with Crippen molar-refractivity contribution in [1.82, 2.24) is 4.98 Å². The maximum atomic E-state index is 10.8. The van der Waals surface area contributed by atoms with E-state index in [1.165, 1.54) is 6.07 Å². The molecule has 6 heteroatoms. The molecule has 6 nitrogen and oxygen atoms in total. The van der Waals surface area contributed by atoms with Crippen LogP contribution in [0.5, 0.6) is 0 Å². The van der Waals surface area contributed by atoms with E-state index in [0.717, 1.165) is 11.5 Å². The van der Waals surface area contributed by atoms with Gasteiger partial charge in [0.15, 0.2) is 0 Å². The van der Waals surface area contributed by atoms with E-state index in [1.54, 1.807) is 19.1 Å². The molecule has 1 N–H and O–H groups in total. The maximum absolute atomic E-state index is 10.8. The van der Waals surface area contributed by atoms with Crippen molar-refractivity contribution in [3.63, 3.8) is 0 Å². The van der Waals surface area contributed by atoms with Crippen LogP contribution in [0.3, 0.4) is 0 Å². The van der Waals surface area contributed by atoms with Gasteiger partial charge in [0.1, 0.15) is 5.76 Å². The number of hydrogen-bond donors (Lipinski definition) is 1. The summed E-state index contributed by atoms with van der Waals surface area (Å²) in [5.41, 5.74) is 2.27. The Hall–Kier alpha value is -2.37. The predicted molar refractivity (Wildman–Crippen MR) is 71.1 cm³/mol. The molecule has 2 aromatic rings. The maximum Gasteiger partial charge on any atom is 0.274 e. The Morgan fingerprint density at radius 3 is 2.68 bits per heavy atom. The molecule has 1 aromatic heterocycles. The first kappa shape index (κ1) is 13.1. The summed E-state index contributed by atoms with van der Waals surface area (Å²) < 4.78 is 5.45. The lowest BCUT2D eigenvalue weighted by molar-refractivity contribution is -0.385. The van der Waals surface area contributed by atoms with E-state index >= 15 is 0 Å². The minimum Gasteiger partial charge on any atom is -0.444 e. The Balaban J connectivity index is 2.16. The number of hydrogen-bond acceptors (Lipinski definition) is 5. The van der Waals surface area contributed by atoms with Crippen LogP contribution in [0.4, 0.5) is 11.4 Å². The summed E-state index contributed by atoms with van der Waals surface area (Å²) in [6, 6.07) is 4.93. The van der Waals surface area contributed by atoms with Crippen molar-refractivity contribution < 1.29 is 9.34 Å². The van der Waals surface area contributed by atoms with Gasteiger partial charge in [-0.2, -0.15) is 0 Å². The van der Waals surface area contributed by atoms with Gasteiger partial charge in [-0.25, -0.2) is 4.98 Å². The monoisotopic (exact) mass is 261 g/mol. The Morgan fingerprint density at radius 1 is 1.37 bits per heavy atom. The summed E-state index contributed by atoms with van der Waals surface area (Å²) in [6.45, 7) is 5.84. The van der Waals surface area contributed by atoms with Crippen molar-refractivity contribution in [3.8, 4) is 0 Å². The molecular formula is C13H15N3O3. The molecule has 100 valence electrons. The van der Waals surface area contributed by atoms with E-state index in [2.05, 4.69) is 10.3 Å². The second kappa shape index (κ2) is 5.09. The van der Waals surface area contributed by atoms with Crippen molar-refractivity contribution >= 4 is 11.4 Å². The zero-order valence-corrected chi connectivity index (χ0v) is 11.1. The van der Waals surface area contributed by atoms with Gasteiger partial charge >= 0.3 is 0 Å². The molecule has 0 bridgehead atoms. The van der Waals surface area contributed by atoms with Gasteiger partial charge in [0.2, 0.25) is 5.89 Å². The van der Waals surface area contributed by atoms with Crippen LogP contribution in [0, 0.1) is 30.9 Å². The van der Waals surface area contributed by atoms with Crippen molar-refractivity contribution in [1.29, 1.82) is 0 Å². The summed E-state index contributed by atoms with van der Waals surface area (Å²) in [6.07, 6.45) is 0. The topological polar surface area (TPSA) is 81.2 Å². The molecule has 0 aliphatic carbocycles. The summed E-state index contributed by atoms with van der Waals surface area (Å²) >= 11 is 0. The normalized spacial score (nSPS) is 10.5. The van der Waals surface area contributed by atoms with Crippen molar-refractivity contribution in [2.45, 2.75) is 27.3 Å². The molecule has 1 aromatic carbocycles. The number of nitrogens with zero attached hydrogens (tertiary/aromatic N) is 2. The van der Waals surface area contributed by atoms with Crippen LogP contribution in [0.25, 0.3) is 0 Å². The van der Waals surface area contributed by atoms with Gasteiger partial charge in [0.05, 0.1) is 17.2 Å². The minimum absolute atomic E-state index is 0.102. The highest BCUT2D eigenvalue weighted by molar-refractivity contribution is 5.59. The zero-order chi connectivity index (χ0) is 14.0. The average molecular weight is 261 g/mol. The molecule has 0 spiro atoms. The van der Waals surface area contributed by atoms with Gasteiger partial charge in [0, 0.05) is 17.3 Å². The molecule has 0 atom stereocenters.